The molecule has 2 aliphatic heterocycles. The van der Waals surface area contributed by atoms with Crippen molar-refractivity contribution in [2.24, 2.45) is 11.3 Å². The Morgan fingerprint density at radius 3 is 2.63 bits per heavy atom. The highest BCUT2D eigenvalue weighted by atomic mass is 15.2. The van der Waals surface area contributed by atoms with Crippen LogP contribution in [0.4, 0.5) is 0 Å². The first-order chi connectivity index (χ1) is 9.19. The molecule has 3 fully saturated rings. The van der Waals surface area contributed by atoms with Crippen LogP contribution in [0.1, 0.15) is 65.2 Å². The zero-order valence-corrected chi connectivity index (χ0v) is 13.0. The van der Waals surface area contributed by atoms with E-state index >= 15 is 0 Å². The van der Waals surface area contributed by atoms with E-state index in [0.717, 1.165) is 18.0 Å². The van der Waals surface area contributed by atoms with Gasteiger partial charge in [-0.15, -0.1) is 0 Å². The van der Waals surface area contributed by atoms with Crippen molar-refractivity contribution in [1.82, 2.24) is 10.2 Å². The van der Waals surface area contributed by atoms with E-state index < -0.39 is 0 Å². The Morgan fingerprint density at radius 1 is 1.11 bits per heavy atom. The fourth-order valence-electron chi connectivity index (χ4n) is 5.11. The molecule has 1 saturated carbocycles. The van der Waals surface area contributed by atoms with Crippen LogP contribution in [0, 0.1) is 11.3 Å². The summed E-state index contributed by atoms with van der Waals surface area (Å²) in [5, 5.41) is 4.00. The van der Waals surface area contributed by atoms with Gasteiger partial charge in [-0.05, 0) is 56.4 Å². The summed E-state index contributed by atoms with van der Waals surface area (Å²) in [5.74, 6) is 0.853. The van der Waals surface area contributed by atoms with Gasteiger partial charge in [0.1, 0.15) is 0 Å². The highest BCUT2D eigenvalue weighted by Crippen LogP contribution is 2.43. The van der Waals surface area contributed by atoms with Crippen LogP contribution in [-0.4, -0.2) is 36.6 Å². The monoisotopic (exact) mass is 264 g/mol. The van der Waals surface area contributed by atoms with Gasteiger partial charge in [0.05, 0.1) is 0 Å². The number of nitrogens with one attached hydrogen (secondary N) is 1. The van der Waals surface area contributed by atoms with Crippen LogP contribution in [-0.2, 0) is 0 Å². The summed E-state index contributed by atoms with van der Waals surface area (Å²) in [4.78, 5) is 2.72. The van der Waals surface area contributed by atoms with E-state index in [4.69, 9.17) is 0 Å². The van der Waals surface area contributed by atoms with Crippen molar-refractivity contribution >= 4 is 0 Å². The summed E-state index contributed by atoms with van der Waals surface area (Å²) in [5.41, 5.74) is 0.639. The van der Waals surface area contributed by atoms with Crippen molar-refractivity contribution in [2.45, 2.75) is 77.3 Å². The van der Waals surface area contributed by atoms with Crippen LogP contribution in [0.15, 0.2) is 0 Å². The second-order valence-electron chi connectivity index (χ2n) is 7.83. The second-order valence-corrected chi connectivity index (χ2v) is 7.83. The van der Waals surface area contributed by atoms with E-state index in [1.54, 1.807) is 0 Å². The van der Waals surface area contributed by atoms with Crippen molar-refractivity contribution < 1.29 is 0 Å². The predicted octanol–water partition coefficient (Wildman–Crippen LogP) is 3.42. The van der Waals surface area contributed by atoms with Gasteiger partial charge in [0.25, 0.3) is 0 Å². The molecule has 19 heavy (non-hydrogen) atoms. The van der Waals surface area contributed by atoms with Gasteiger partial charge in [0, 0.05) is 25.2 Å². The first kappa shape index (κ1) is 13.9. The van der Waals surface area contributed by atoms with E-state index in [1.165, 1.54) is 71.0 Å². The SMILES string of the molecule is CC(C)CC1(CNC2CCN3CCCC23)CCCC1. The molecule has 0 aromatic rings. The molecule has 0 bridgehead atoms. The molecular weight excluding hydrogens is 232 g/mol. The summed E-state index contributed by atoms with van der Waals surface area (Å²) in [6.45, 7) is 8.79. The van der Waals surface area contributed by atoms with E-state index in [0.29, 0.717) is 5.41 Å². The molecule has 2 atom stereocenters. The van der Waals surface area contributed by atoms with Crippen LogP contribution >= 0.6 is 0 Å². The van der Waals surface area contributed by atoms with Gasteiger partial charge >= 0.3 is 0 Å². The van der Waals surface area contributed by atoms with Crippen molar-refractivity contribution in [1.29, 1.82) is 0 Å². The molecule has 1 N–H and O–H groups in total. The molecule has 2 heterocycles. The van der Waals surface area contributed by atoms with E-state index in [1.807, 2.05) is 0 Å². The molecule has 3 rings (SSSR count). The Hall–Kier alpha value is -0.0800. The number of nitrogens with zero attached hydrogens (tertiary/aromatic N) is 1. The lowest BCUT2D eigenvalue weighted by Gasteiger charge is -2.33. The summed E-state index contributed by atoms with van der Waals surface area (Å²) in [6.07, 6.45) is 11.6. The second kappa shape index (κ2) is 5.73. The molecule has 110 valence electrons. The molecule has 2 unspecified atom stereocenters. The predicted molar refractivity (Wildman–Crippen MR) is 81.4 cm³/mol. The number of hydrogen-bond donors (Lipinski definition) is 1. The molecule has 0 amide bonds. The minimum Gasteiger partial charge on any atom is -0.312 e. The molecule has 3 aliphatic rings. The Kier molecular flexibility index (Phi) is 4.19. The minimum atomic E-state index is 0.639. The standard InChI is InChI=1S/C17H32N2/c1-14(2)12-17(8-3-4-9-17)13-18-15-7-11-19-10-5-6-16(15)19/h14-16,18H,3-13H2,1-2H3. The number of hydrogen-bond acceptors (Lipinski definition) is 2. The van der Waals surface area contributed by atoms with Crippen LogP contribution < -0.4 is 5.32 Å². The van der Waals surface area contributed by atoms with E-state index in [-0.39, 0.29) is 0 Å². The largest absolute Gasteiger partial charge is 0.312 e. The fourth-order valence-corrected chi connectivity index (χ4v) is 5.11. The third-order valence-corrected chi connectivity index (χ3v) is 5.85. The Morgan fingerprint density at radius 2 is 1.89 bits per heavy atom. The summed E-state index contributed by atoms with van der Waals surface area (Å²) in [7, 11) is 0. The van der Waals surface area contributed by atoms with E-state index in [9.17, 15) is 0 Å². The molecule has 0 aromatic heterocycles. The topological polar surface area (TPSA) is 15.3 Å². The van der Waals surface area contributed by atoms with Crippen molar-refractivity contribution in [2.75, 3.05) is 19.6 Å². The Labute approximate surface area is 119 Å². The quantitative estimate of drug-likeness (QED) is 0.818. The van der Waals surface area contributed by atoms with Gasteiger partial charge in [0.15, 0.2) is 0 Å². The number of rotatable bonds is 5. The molecule has 2 heteroatoms. The summed E-state index contributed by atoms with van der Waals surface area (Å²) < 4.78 is 0. The highest BCUT2D eigenvalue weighted by Gasteiger charge is 2.39. The summed E-state index contributed by atoms with van der Waals surface area (Å²) in [6, 6.07) is 1.67. The molecule has 2 nitrogen and oxygen atoms in total. The Bertz CT molecular complexity index is 294. The maximum absolute atomic E-state index is 4.00. The van der Waals surface area contributed by atoms with Crippen molar-refractivity contribution in [3.63, 3.8) is 0 Å². The lowest BCUT2D eigenvalue weighted by Crippen LogP contribution is -2.44. The third-order valence-electron chi connectivity index (χ3n) is 5.85. The van der Waals surface area contributed by atoms with Crippen LogP contribution in [0.3, 0.4) is 0 Å². The minimum absolute atomic E-state index is 0.639. The Balaban J connectivity index is 1.55. The lowest BCUT2D eigenvalue weighted by atomic mass is 9.78. The van der Waals surface area contributed by atoms with Gasteiger partial charge in [0.2, 0.25) is 0 Å². The highest BCUT2D eigenvalue weighted by molar-refractivity contribution is 4.97. The molecule has 0 radical (unpaired) electrons. The molecular formula is C17H32N2. The van der Waals surface area contributed by atoms with Crippen molar-refractivity contribution in [3.8, 4) is 0 Å². The van der Waals surface area contributed by atoms with Crippen LogP contribution in [0.25, 0.3) is 0 Å². The molecule has 2 saturated heterocycles. The third kappa shape index (κ3) is 3.00. The van der Waals surface area contributed by atoms with Gasteiger partial charge in [-0.1, -0.05) is 26.7 Å². The molecule has 0 spiro atoms. The average molecular weight is 264 g/mol. The number of fused-ring (bicyclic) bond motifs is 1. The van der Waals surface area contributed by atoms with Crippen molar-refractivity contribution in [3.05, 3.63) is 0 Å². The van der Waals surface area contributed by atoms with Gasteiger partial charge < -0.3 is 5.32 Å². The normalized spacial score (nSPS) is 34.3. The maximum atomic E-state index is 4.00. The lowest BCUT2D eigenvalue weighted by molar-refractivity contribution is 0.205. The van der Waals surface area contributed by atoms with Crippen LogP contribution in [0.5, 0.6) is 0 Å². The molecule has 1 aliphatic carbocycles. The van der Waals surface area contributed by atoms with Gasteiger partial charge in [-0.25, -0.2) is 0 Å². The zero-order valence-electron chi connectivity index (χ0n) is 13.0. The van der Waals surface area contributed by atoms with E-state index in [2.05, 4.69) is 24.1 Å². The van der Waals surface area contributed by atoms with Gasteiger partial charge in [-0.3, -0.25) is 4.90 Å². The van der Waals surface area contributed by atoms with Gasteiger partial charge in [-0.2, -0.15) is 0 Å². The van der Waals surface area contributed by atoms with Crippen LogP contribution in [0.2, 0.25) is 0 Å². The summed E-state index contributed by atoms with van der Waals surface area (Å²) >= 11 is 0. The first-order valence-electron chi connectivity index (χ1n) is 8.66. The maximum Gasteiger partial charge on any atom is 0.0250 e. The first-order valence-corrected chi connectivity index (χ1v) is 8.66. The fraction of sp³-hybridized carbons (Fsp3) is 1.00. The zero-order chi connectivity index (χ0) is 13.3. The average Bonchev–Trinajstić information content (AvgIpc) is 3.01. The smallest absolute Gasteiger partial charge is 0.0250 e. The molecule has 0 aromatic carbocycles.